The molecule has 2 fully saturated rings. The molecular formula is C31H46N4O4SU. The minimum atomic E-state index is -3.90. The molecule has 2 unspecified atom stereocenters. The largest absolute Gasteiger partial charge is 0.497 e. The number of nitrogens with zero attached hydrogens (tertiary/aromatic N) is 2. The van der Waals surface area contributed by atoms with Gasteiger partial charge in [0.2, 0.25) is 0 Å². The van der Waals surface area contributed by atoms with Crippen LogP contribution in [0.25, 0.3) is 22.2 Å². The van der Waals surface area contributed by atoms with Crippen molar-refractivity contribution in [3.63, 3.8) is 0 Å². The van der Waals surface area contributed by atoms with Gasteiger partial charge in [0, 0.05) is 88.1 Å². The quantitative estimate of drug-likeness (QED) is 0.336. The summed E-state index contributed by atoms with van der Waals surface area (Å²) in [5, 5.41) is 1.12. The van der Waals surface area contributed by atoms with Crippen molar-refractivity contribution >= 4 is 27.0 Å². The molecule has 3 aromatic rings. The molecule has 0 spiro atoms. The van der Waals surface area contributed by atoms with Crippen molar-refractivity contribution in [1.29, 1.82) is 0 Å². The number of amides is 1. The van der Waals surface area contributed by atoms with E-state index < -0.39 is 21.7 Å². The van der Waals surface area contributed by atoms with Crippen LogP contribution in [0, 0.1) is 37.0 Å². The van der Waals surface area contributed by atoms with Crippen LogP contribution in [0.4, 0.5) is 0 Å². The average Bonchev–Trinajstić information content (AvgIpc) is 3.38. The van der Waals surface area contributed by atoms with Gasteiger partial charge >= 0.3 is 10.2 Å². The number of carbonyl (C=O) groups is 1. The normalized spacial score (nSPS) is 23.2. The van der Waals surface area contributed by atoms with Gasteiger partial charge in [-0.25, -0.2) is 4.72 Å². The molecule has 2 aromatic carbocycles. The second-order valence-electron chi connectivity index (χ2n) is 11.5. The fraction of sp³-hybridized carbons (Fsp3) is 0.516. The smallest absolute Gasteiger partial charge is 0.303 e. The first-order valence-corrected chi connectivity index (χ1v) is 15.9. The van der Waals surface area contributed by atoms with Crippen molar-refractivity contribution < 1.29 is 51.9 Å². The molecule has 0 radical (unpaired) electrons. The van der Waals surface area contributed by atoms with Crippen molar-refractivity contribution in [2.45, 2.75) is 76.8 Å². The summed E-state index contributed by atoms with van der Waals surface area (Å²) in [5.74, 6) is 1.13. The first-order chi connectivity index (χ1) is 19.1. The van der Waals surface area contributed by atoms with Crippen molar-refractivity contribution in [2.75, 3.05) is 21.2 Å². The Labute approximate surface area is 270 Å². The van der Waals surface area contributed by atoms with Gasteiger partial charge in [0.15, 0.2) is 0 Å². The molecule has 3 aliphatic rings. The van der Waals surface area contributed by atoms with E-state index in [1.54, 1.807) is 13.2 Å². The van der Waals surface area contributed by atoms with Gasteiger partial charge in [-0.05, 0) is 66.1 Å². The number of nitrogens with two attached hydrogens (primary N) is 1. The van der Waals surface area contributed by atoms with Crippen LogP contribution in [0.3, 0.4) is 0 Å². The molecule has 1 aromatic heterocycles. The van der Waals surface area contributed by atoms with Crippen LogP contribution in [0.1, 0.15) is 89.0 Å². The summed E-state index contributed by atoms with van der Waals surface area (Å²) in [6.45, 7) is 6.84. The third-order valence-electron chi connectivity index (χ3n) is 9.18. The van der Waals surface area contributed by atoms with Crippen molar-refractivity contribution in [1.82, 2.24) is 13.6 Å². The summed E-state index contributed by atoms with van der Waals surface area (Å²) in [4.78, 5) is 13.0. The average molecular weight is 809 g/mol. The summed E-state index contributed by atoms with van der Waals surface area (Å²) in [5.41, 5.74) is 12.9. The molecule has 2 saturated carbocycles. The Kier molecular flexibility index (Phi) is 9.43. The number of hydrogen-bond donors (Lipinski definition) is 2. The van der Waals surface area contributed by atoms with E-state index in [9.17, 15) is 13.2 Å². The van der Waals surface area contributed by atoms with Crippen LogP contribution >= 0.6 is 0 Å². The SMILES string of the molecule is CC.COc1ccc2c(c1)C1C(C)[C@]1(N)Cn1c-2c(C2CCCCC2)c2ccc(C(=O)NS(=O)(=O)N(C)C)cc21.[HH].[HH].[U]. The molecule has 0 bridgehead atoms. The topological polar surface area (TPSA) is 107 Å². The maximum Gasteiger partial charge on any atom is 0.303 e. The fourth-order valence-electron chi connectivity index (χ4n) is 6.92. The molecule has 0 saturated heterocycles. The number of aromatic nitrogens is 1. The zero-order valence-corrected chi connectivity index (χ0v) is 29.9. The van der Waals surface area contributed by atoms with Crippen LogP contribution in [-0.2, 0) is 16.8 Å². The molecule has 1 aliphatic heterocycles. The Morgan fingerprint density at radius 2 is 1.80 bits per heavy atom. The van der Waals surface area contributed by atoms with E-state index in [0.717, 1.165) is 33.8 Å². The number of nitrogens with one attached hydrogen (secondary N) is 1. The van der Waals surface area contributed by atoms with E-state index in [4.69, 9.17) is 10.5 Å². The van der Waals surface area contributed by atoms with Crippen molar-refractivity contribution in [2.24, 2.45) is 11.7 Å². The molecule has 41 heavy (non-hydrogen) atoms. The number of fused-ring (bicyclic) bond motifs is 7. The zero-order chi connectivity index (χ0) is 29.0. The summed E-state index contributed by atoms with van der Waals surface area (Å²) in [6, 6.07) is 11.9. The minimum absolute atomic E-state index is 0. The van der Waals surface area contributed by atoms with Crippen LogP contribution in [0.5, 0.6) is 5.75 Å². The predicted octanol–water partition coefficient (Wildman–Crippen LogP) is 5.86. The van der Waals surface area contributed by atoms with Crippen LogP contribution in [-0.4, -0.2) is 49.9 Å². The van der Waals surface area contributed by atoms with Crippen LogP contribution in [0.2, 0.25) is 0 Å². The third kappa shape index (κ3) is 5.40. The predicted molar refractivity (Wildman–Crippen MR) is 164 cm³/mol. The molecule has 1 amide bonds. The van der Waals surface area contributed by atoms with Gasteiger partial charge in [-0.1, -0.05) is 46.1 Å². The van der Waals surface area contributed by atoms with Gasteiger partial charge in [0.1, 0.15) is 5.75 Å². The molecular weight excluding hydrogens is 762 g/mol. The maximum absolute atomic E-state index is 13.0. The first-order valence-electron chi connectivity index (χ1n) is 14.4. The van der Waals surface area contributed by atoms with Gasteiger partial charge in [0.25, 0.3) is 5.91 Å². The molecule has 224 valence electrons. The molecule has 8 nitrogen and oxygen atoms in total. The van der Waals surface area contributed by atoms with Gasteiger partial charge in [-0.3, -0.25) is 4.79 Å². The molecule has 3 N–H and O–H groups in total. The number of methoxy groups -OCH3 is 1. The van der Waals surface area contributed by atoms with Gasteiger partial charge < -0.3 is 15.0 Å². The number of rotatable bonds is 5. The minimum Gasteiger partial charge on any atom is -0.497 e. The number of carbonyl (C=O) groups excluding carboxylic acids is 1. The molecule has 3 atom stereocenters. The van der Waals surface area contributed by atoms with E-state index in [1.165, 1.54) is 55.7 Å². The van der Waals surface area contributed by atoms with E-state index in [-0.39, 0.29) is 39.9 Å². The van der Waals surface area contributed by atoms with Crippen molar-refractivity contribution in [3.05, 3.63) is 53.1 Å². The Balaban J connectivity index is 0.00000126. The first kappa shape index (κ1) is 32.1. The Morgan fingerprint density at radius 1 is 1.12 bits per heavy atom. The van der Waals surface area contributed by atoms with E-state index >= 15 is 0 Å². The van der Waals surface area contributed by atoms with E-state index in [1.807, 2.05) is 32.0 Å². The number of hydrogen-bond acceptors (Lipinski definition) is 5. The van der Waals surface area contributed by atoms with E-state index in [0.29, 0.717) is 23.9 Å². The zero-order valence-electron chi connectivity index (χ0n) is 25.0. The molecule has 2 aliphatic carbocycles. The number of ether oxygens (including phenoxy) is 1. The van der Waals surface area contributed by atoms with Gasteiger partial charge in [-0.15, -0.1) is 0 Å². The maximum atomic E-state index is 13.0. The third-order valence-corrected chi connectivity index (χ3v) is 10.6. The van der Waals surface area contributed by atoms with Crippen LogP contribution < -0.4 is 15.2 Å². The summed E-state index contributed by atoms with van der Waals surface area (Å²) in [6.07, 6.45) is 5.93. The Bertz CT molecular complexity index is 1570. The summed E-state index contributed by atoms with van der Waals surface area (Å²) in [7, 11) is 0.571. The van der Waals surface area contributed by atoms with Gasteiger partial charge in [-0.2, -0.15) is 12.7 Å². The monoisotopic (exact) mass is 808 g/mol. The Morgan fingerprint density at radius 3 is 2.44 bits per heavy atom. The van der Waals surface area contributed by atoms with E-state index in [2.05, 4.69) is 28.3 Å². The summed E-state index contributed by atoms with van der Waals surface area (Å²) < 4.78 is 35.8. The fourth-order valence-corrected chi connectivity index (χ4v) is 7.45. The summed E-state index contributed by atoms with van der Waals surface area (Å²) >= 11 is 0. The second kappa shape index (κ2) is 12.0. The molecule has 10 heteroatoms. The standard InChI is InChI=1S/C29H36N4O4S.C2H6.U.2H2/c1-17-26-23-15-20(37-4)11-13-21(23)27-25(18-8-6-5-7-9-18)22-12-10-19(28(34)31-38(35,36)32(2)3)14-24(22)33(27)16-29(17,26)30;1-2;;;/h10-15,17-18,26H,5-9,16,30H2,1-4H3,(H,31,34);1-2H3;;2*1H/t17?,26?,29-;;;;/m1..../s1. The van der Waals surface area contributed by atoms with Gasteiger partial charge in [0.05, 0.1) is 12.8 Å². The second-order valence-corrected chi connectivity index (χ2v) is 13.4. The van der Waals surface area contributed by atoms with Crippen molar-refractivity contribution in [3.8, 4) is 17.0 Å². The Hall–Kier alpha value is -1.83. The number of benzene rings is 2. The molecule has 2 heterocycles. The van der Waals surface area contributed by atoms with Crippen LogP contribution in [0.15, 0.2) is 36.4 Å². The molecule has 6 rings (SSSR count).